The molecule has 1 saturated heterocycles. The Morgan fingerprint density at radius 2 is 1.69 bits per heavy atom. The summed E-state index contributed by atoms with van der Waals surface area (Å²) in [5.74, 6) is 0.0411. The van der Waals surface area contributed by atoms with Gasteiger partial charge in [0.2, 0.25) is 0 Å². The molecular weight excluding hydrogens is 668 g/mol. The predicted molar refractivity (Wildman–Crippen MR) is 174 cm³/mol. The second-order valence-corrected chi connectivity index (χ2v) is 18.0. The average Bonchev–Trinajstić information content (AvgIpc) is 3.31. The monoisotopic (exact) mass is 722 g/mol. The first-order valence-electron chi connectivity index (χ1n) is 17.1. The van der Waals surface area contributed by atoms with E-state index in [9.17, 15) is 41.3 Å². The highest BCUT2D eigenvalue weighted by atomic mass is 32.3. The molecule has 48 heavy (non-hydrogen) atoms. The zero-order chi connectivity index (χ0) is 35.6. The minimum atomic E-state index is -4.96. The van der Waals surface area contributed by atoms with Crippen molar-refractivity contribution in [3.8, 4) is 0 Å². The lowest BCUT2D eigenvalue weighted by atomic mass is 9.47. The Balaban J connectivity index is 1.45. The molecule has 5 aliphatic rings. The van der Waals surface area contributed by atoms with Crippen LogP contribution in [0.5, 0.6) is 0 Å². The lowest BCUT2D eigenvalue weighted by Gasteiger charge is -2.60. The van der Waals surface area contributed by atoms with Gasteiger partial charge in [-0.05, 0) is 120 Å². The largest absolute Gasteiger partial charge is 0.397 e. The Morgan fingerprint density at radius 3 is 2.31 bits per heavy atom. The van der Waals surface area contributed by atoms with Crippen molar-refractivity contribution in [2.24, 2.45) is 34.5 Å². The van der Waals surface area contributed by atoms with E-state index in [0.29, 0.717) is 25.7 Å². The number of ether oxygens (including phenoxy) is 2. The van der Waals surface area contributed by atoms with Crippen molar-refractivity contribution in [3.05, 3.63) is 23.3 Å². The second kappa shape index (κ2) is 13.5. The molecule has 5 rings (SSSR count). The molecule has 13 nitrogen and oxygen atoms in total. The fourth-order valence-electron chi connectivity index (χ4n) is 10.3. The summed E-state index contributed by atoms with van der Waals surface area (Å²) in [5.41, 5.74) is 1.00. The van der Waals surface area contributed by atoms with E-state index >= 15 is 0 Å². The van der Waals surface area contributed by atoms with Gasteiger partial charge in [0.25, 0.3) is 0 Å². The van der Waals surface area contributed by atoms with Crippen LogP contribution in [0.3, 0.4) is 0 Å². The zero-order valence-electron chi connectivity index (χ0n) is 28.7. The van der Waals surface area contributed by atoms with Gasteiger partial charge in [-0.25, -0.2) is 8.37 Å². The maximum absolute atomic E-state index is 11.8. The Kier molecular flexibility index (Phi) is 10.8. The molecule has 5 N–H and O–H groups in total. The molecule has 0 amide bonds. The lowest BCUT2D eigenvalue weighted by molar-refractivity contribution is -0.312. The minimum absolute atomic E-state index is 0.0614. The first kappa shape index (κ1) is 38.3. The summed E-state index contributed by atoms with van der Waals surface area (Å²) in [6, 6.07) is 0. The molecule has 14 atom stereocenters. The van der Waals surface area contributed by atoms with Gasteiger partial charge in [-0.15, -0.1) is 0 Å². The lowest BCUT2D eigenvalue weighted by Crippen LogP contribution is -2.61. The molecule has 0 aromatic carbocycles. The van der Waals surface area contributed by atoms with Crippen LogP contribution < -0.4 is 0 Å². The molecule has 0 aromatic heterocycles. The Morgan fingerprint density at radius 1 is 1.02 bits per heavy atom. The van der Waals surface area contributed by atoms with E-state index in [0.717, 1.165) is 25.7 Å². The van der Waals surface area contributed by atoms with Crippen molar-refractivity contribution in [2.75, 3.05) is 0 Å². The van der Waals surface area contributed by atoms with Gasteiger partial charge in [-0.2, -0.15) is 16.8 Å². The molecule has 0 radical (unpaired) electrons. The minimum Gasteiger partial charge on any atom is -0.390 e. The number of hydrogen-bond acceptors (Lipinski definition) is 11. The van der Waals surface area contributed by atoms with Crippen LogP contribution in [-0.2, 0) is 38.6 Å². The van der Waals surface area contributed by atoms with Crippen LogP contribution in [0.2, 0.25) is 0 Å². The van der Waals surface area contributed by atoms with Crippen molar-refractivity contribution in [3.63, 3.8) is 0 Å². The third kappa shape index (κ3) is 7.62. The molecular formula is C33H54O13S2. The molecule has 1 heterocycles. The third-order valence-electron chi connectivity index (χ3n) is 12.5. The Hall–Kier alpha value is -0.980. The molecule has 8 unspecified atom stereocenters. The molecule has 0 bridgehead atoms. The fourth-order valence-corrected chi connectivity index (χ4v) is 11.4. The first-order chi connectivity index (χ1) is 22.1. The summed E-state index contributed by atoms with van der Waals surface area (Å²) in [6.07, 6.45) is 1.25. The first-order valence-corrected chi connectivity index (χ1v) is 19.8. The maximum atomic E-state index is 11.8. The van der Waals surface area contributed by atoms with Gasteiger partial charge in [-0.1, -0.05) is 37.1 Å². The number of fused-ring (bicyclic) bond motifs is 5. The highest BCUT2D eigenvalue weighted by molar-refractivity contribution is 7.81. The predicted octanol–water partition coefficient (Wildman–Crippen LogP) is 3.90. The number of allylic oxidation sites excluding steroid dienone is 4. The van der Waals surface area contributed by atoms with Gasteiger partial charge in [0.1, 0.15) is 18.3 Å². The number of aliphatic hydroxyl groups is 3. The standard InChI is InChI=1S/C33H54O13S2/c1-18(2)8-7-13-33(6,36)26-10-9-22-21-17-25(44-30-28(35)27(34)29(19(3)43-30)46-48(40,41)42)24-16-20(45-47(37,38)39)11-14-31(24,4)23(21)12-15-32(22,26)5/h8,12,19-22,24-30,34-36H,7,9-11,13-17H2,1-6H3,(H,37,38,39)(H,40,41,42)/t19?,20-,21?,22?,24?,25?,26?,27?,28?,29+,30-,31+,32-,33-/m0/s1. The van der Waals surface area contributed by atoms with E-state index in [1.54, 1.807) is 0 Å². The van der Waals surface area contributed by atoms with Gasteiger partial charge < -0.3 is 24.8 Å². The van der Waals surface area contributed by atoms with Crippen LogP contribution in [-0.4, -0.2) is 89.8 Å². The summed E-state index contributed by atoms with van der Waals surface area (Å²) in [5, 5.41) is 33.7. The average molecular weight is 723 g/mol. The molecule has 3 saturated carbocycles. The molecule has 4 fully saturated rings. The van der Waals surface area contributed by atoms with Gasteiger partial charge in [-0.3, -0.25) is 9.11 Å². The normalized spacial score (nSPS) is 44.5. The molecule has 276 valence electrons. The van der Waals surface area contributed by atoms with E-state index in [4.69, 9.17) is 13.7 Å². The number of hydrogen-bond donors (Lipinski definition) is 5. The smallest absolute Gasteiger partial charge is 0.390 e. The number of rotatable bonds is 10. The van der Waals surface area contributed by atoms with E-state index in [1.807, 2.05) is 6.92 Å². The highest BCUT2D eigenvalue weighted by Crippen LogP contribution is 2.67. The molecule has 15 heteroatoms. The van der Waals surface area contributed by atoms with Crippen molar-refractivity contribution < 1.29 is 59.1 Å². The van der Waals surface area contributed by atoms with Gasteiger partial charge >= 0.3 is 20.8 Å². The SMILES string of the molecule is CC(C)=CCC[C@](C)(O)C1CCC2C3CC(O[C@@H]4OC(C)[C@@H](OS(=O)(=O)O)C(O)C4O)C4C[C@@H](OS(=O)(=O)O)CC[C@]4(C)C3=CC[C@@]21C. The van der Waals surface area contributed by atoms with Crippen LogP contribution in [0.15, 0.2) is 23.3 Å². The summed E-state index contributed by atoms with van der Waals surface area (Å²) < 4.78 is 86.9. The highest BCUT2D eigenvalue weighted by Gasteiger charge is 2.62. The van der Waals surface area contributed by atoms with E-state index in [2.05, 4.69) is 44.0 Å². The summed E-state index contributed by atoms with van der Waals surface area (Å²) in [4.78, 5) is 0. The van der Waals surface area contributed by atoms with E-state index in [1.165, 1.54) is 18.1 Å². The molecule has 4 aliphatic carbocycles. The number of aliphatic hydroxyl groups excluding tert-OH is 2. The summed E-state index contributed by atoms with van der Waals surface area (Å²) >= 11 is 0. The second-order valence-electron chi connectivity index (χ2n) is 15.9. The molecule has 0 spiro atoms. The van der Waals surface area contributed by atoms with Crippen LogP contribution in [0.4, 0.5) is 0 Å². The van der Waals surface area contributed by atoms with E-state index in [-0.39, 0.29) is 35.5 Å². The van der Waals surface area contributed by atoms with Crippen LogP contribution >= 0.6 is 0 Å². The summed E-state index contributed by atoms with van der Waals surface area (Å²) in [7, 11) is -9.67. The third-order valence-corrected chi connectivity index (χ3v) is 13.5. The Bertz CT molecular complexity index is 1470. The van der Waals surface area contributed by atoms with Crippen LogP contribution in [0, 0.1) is 34.5 Å². The van der Waals surface area contributed by atoms with Gasteiger partial charge in [0.15, 0.2) is 6.29 Å². The fraction of sp³-hybridized carbons (Fsp3) is 0.879. The van der Waals surface area contributed by atoms with Crippen LogP contribution in [0.1, 0.15) is 99.3 Å². The van der Waals surface area contributed by atoms with Crippen LogP contribution in [0.25, 0.3) is 0 Å². The van der Waals surface area contributed by atoms with Crippen molar-refractivity contribution in [1.29, 1.82) is 0 Å². The van der Waals surface area contributed by atoms with Crippen molar-refractivity contribution in [2.45, 2.75) is 148 Å². The molecule has 0 aromatic rings. The quantitative estimate of drug-likeness (QED) is 0.160. The topological polar surface area (TPSA) is 206 Å². The van der Waals surface area contributed by atoms with Crippen molar-refractivity contribution >= 4 is 20.8 Å². The van der Waals surface area contributed by atoms with Gasteiger partial charge in [0.05, 0.1) is 23.9 Å². The van der Waals surface area contributed by atoms with E-state index < -0.39 is 74.7 Å². The van der Waals surface area contributed by atoms with Gasteiger partial charge in [0, 0.05) is 0 Å². The van der Waals surface area contributed by atoms with Crippen molar-refractivity contribution in [1.82, 2.24) is 0 Å². The Labute approximate surface area is 285 Å². The summed E-state index contributed by atoms with van der Waals surface area (Å²) in [6.45, 7) is 11.9. The maximum Gasteiger partial charge on any atom is 0.397 e. The zero-order valence-corrected chi connectivity index (χ0v) is 30.3. The molecule has 1 aliphatic heterocycles.